The van der Waals surface area contributed by atoms with Crippen molar-refractivity contribution in [3.05, 3.63) is 24.3 Å². The average Bonchev–Trinajstić information content (AvgIpc) is 2.46. The molecule has 0 saturated carbocycles. The Hall–Kier alpha value is -0.360. The van der Waals surface area contributed by atoms with Gasteiger partial charge in [-0.3, -0.25) is 0 Å². The van der Waals surface area contributed by atoms with Gasteiger partial charge in [-0.1, -0.05) is 6.58 Å². The van der Waals surface area contributed by atoms with Crippen LogP contribution < -0.4 is 0 Å². The van der Waals surface area contributed by atoms with Crippen molar-refractivity contribution in [2.45, 2.75) is 13.1 Å². The van der Waals surface area contributed by atoms with E-state index in [-0.39, 0.29) is 0 Å². The molecule has 0 bridgehead atoms. The van der Waals surface area contributed by atoms with Crippen molar-refractivity contribution >= 4 is 28.9 Å². The molecule has 1 aromatic rings. The zero-order chi connectivity index (χ0) is 8.55. The van der Waals surface area contributed by atoms with Gasteiger partial charge in [0.05, 0.1) is 18.4 Å². The summed E-state index contributed by atoms with van der Waals surface area (Å²) in [6, 6.07) is 0. The van der Waals surface area contributed by atoms with Crippen LogP contribution in [0.3, 0.4) is 0 Å². The molecule has 0 amide bonds. The fourth-order valence-electron chi connectivity index (χ4n) is 1.42. The molecule has 0 unspecified atom stereocenters. The van der Waals surface area contributed by atoms with E-state index in [1.807, 2.05) is 12.3 Å². The molecule has 4 heteroatoms. The van der Waals surface area contributed by atoms with Crippen LogP contribution in [0.1, 0.15) is 11.5 Å². The molecule has 64 valence electrons. The van der Waals surface area contributed by atoms with Crippen LogP contribution in [0.25, 0.3) is 6.08 Å². The van der Waals surface area contributed by atoms with E-state index >= 15 is 0 Å². The molecular formula is C8H10IN3. The summed E-state index contributed by atoms with van der Waals surface area (Å²) < 4.78 is 4.47. The average molecular weight is 275 g/mol. The van der Waals surface area contributed by atoms with E-state index in [1.165, 1.54) is 0 Å². The highest BCUT2D eigenvalue weighted by molar-refractivity contribution is 14.1. The van der Waals surface area contributed by atoms with Crippen LogP contribution in [0.15, 0.2) is 12.8 Å². The van der Waals surface area contributed by atoms with E-state index < -0.39 is 0 Å². The van der Waals surface area contributed by atoms with E-state index in [4.69, 9.17) is 0 Å². The number of imidazole rings is 1. The molecule has 12 heavy (non-hydrogen) atoms. The highest BCUT2D eigenvalue weighted by atomic mass is 127. The summed E-state index contributed by atoms with van der Waals surface area (Å²) in [5, 5.41) is 0. The Labute approximate surface area is 85.6 Å². The van der Waals surface area contributed by atoms with Crippen molar-refractivity contribution in [2.75, 3.05) is 6.54 Å². The summed E-state index contributed by atoms with van der Waals surface area (Å²) in [4.78, 5) is 4.32. The van der Waals surface area contributed by atoms with Crippen LogP contribution >= 0.6 is 22.9 Å². The largest absolute Gasteiger partial charge is 0.326 e. The maximum atomic E-state index is 4.32. The predicted octanol–water partition coefficient (Wildman–Crippen LogP) is 1.69. The Morgan fingerprint density at radius 2 is 2.42 bits per heavy atom. The zero-order valence-electron chi connectivity index (χ0n) is 6.70. The minimum atomic E-state index is 0.939. The number of nitrogens with zero attached hydrogens (tertiary/aromatic N) is 3. The van der Waals surface area contributed by atoms with E-state index in [2.05, 4.69) is 42.1 Å². The van der Waals surface area contributed by atoms with Gasteiger partial charge in [-0.2, -0.15) is 0 Å². The molecule has 1 aliphatic rings. The summed E-state index contributed by atoms with van der Waals surface area (Å²) in [5.41, 5.74) is 1.13. The van der Waals surface area contributed by atoms with Crippen molar-refractivity contribution in [3.8, 4) is 0 Å². The van der Waals surface area contributed by atoms with Crippen molar-refractivity contribution in [1.82, 2.24) is 12.7 Å². The monoisotopic (exact) mass is 275 g/mol. The number of halogens is 1. The zero-order valence-corrected chi connectivity index (χ0v) is 8.86. The van der Waals surface area contributed by atoms with E-state index in [1.54, 1.807) is 0 Å². The van der Waals surface area contributed by atoms with Gasteiger partial charge in [0.1, 0.15) is 5.82 Å². The van der Waals surface area contributed by atoms with Crippen molar-refractivity contribution < 1.29 is 0 Å². The molecule has 0 saturated heterocycles. The van der Waals surface area contributed by atoms with Crippen molar-refractivity contribution in [1.29, 1.82) is 0 Å². The van der Waals surface area contributed by atoms with Crippen molar-refractivity contribution in [2.24, 2.45) is 0 Å². The number of hydrogen-bond acceptors (Lipinski definition) is 2. The Morgan fingerprint density at radius 3 is 3.17 bits per heavy atom. The van der Waals surface area contributed by atoms with Gasteiger partial charge < -0.3 is 4.57 Å². The third kappa shape index (κ3) is 1.29. The second-order valence-electron chi connectivity index (χ2n) is 2.80. The summed E-state index contributed by atoms with van der Waals surface area (Å²) in [7, 11) is 0. The lowest BCUT2D eigenvalue weighted by molar-refractivity contribution is 0.394. The van der Waals surface area contributed by atoms with E-state index in [0.717, 1.165) is 31.2 Å². The quantitative estimate of drug-likeness (QED) is 0.574. The third-order valence-corrected chi connectivity index (χ3v) is 2.88. The fraction of sp³-hybridized carbons (Fsp3) is 0.375. The fourth-order valence-corrected chi connectivity index (χ4v) is 1.94. The lowest BCUT2D eigenvalue weighted by Gasteiger charge is -2.22. The minimum absolute atomic E-state index is 0.939. The maximum absolute atomic E-state index is 4.32. The smallest absolute Gasteiger partial charge is 0.124 e. The molecule has 2 rings (SSSR count). The molecule has 2 heterocycles. The summed E-state index contributed by atoms with van der Waals surface area (Å²) in [6.07, 6.45) is 3.75. The minimum Gasteiger partial charge on any atom is -0.326 e. The molecule has 0 aliphatic carbocycles. The molecule has 1 aromatic heterocycles. The summed E-state index contributed by atoms with van der Waals surface area (Å²) in [6.45, 7) is 6.81. The highest BCUT2D eigenvalue weighted by Gasteiger charge is 2.16. The van der Waals surface area contributed by atoms with Crippen LogP contribution in [0, 0.1) is 0 Å². The van der Waals surface area contributed by atoms with Crippen LogP contribution in [-0.4, -0.2) is 19.2 Å². The first-order chi connectivity index (χ1) is 5.81. The lowest BCUT2D eigenvalue weighted by Crippen LogP contribution is -2.26. The Balaban J connectivity index is 2.38. The van der Waals surface area contributed by atoms with Gasteiger partial charge in [0.25, 0.3) is 0 Å². The second-order valence-corrected chi connectivity index (χ2v) is 4.16. The van der Waals surface area contributed by atoms with Crippen LogP contribution in [-0.2, 0) is 13.1 Å². The molecule has 0 radical (unpaired) electrons. The van der Waals surface area contributed by atoms with Gasteiger partial charge in [-0.25, -0.2) is 8.10 Å². The molecule has 0 atom stereocenters. The molecule has 0 N–H and O–H groups in total. The van der Waals surface area contributed by atoms with Gasteiger partial charge in [0.2, 0.25) is 0 Å². The first-order valence-electron chi connectivity index (χ1n) is 3.89. The number of aromatic nitrogens is 2. The standard InChI is InChI=1S/C8H10IN3/c1-2-7-5-10-8-6-11(9)3-4-12(7)8/h2,5H,1,3-4,6H2. The molecule has 0 aromatic carbocycles. The molecule has 0 spiro atoms. The summed E-state index contributed by atoms with van der Waals surface area (Å²) in [5.74, 6) is 1.14. The third-order valence-electron chi connectivity index (χ3n) is 2.06. The Kier molecular flexibility index (Phi) is 2.18. The highest BCUT2D eigenvalue weighted by Crippen LogP contribution is 2.16. The topological polar surface area (TPSA) is 21.1 Å². The lowest BCUT2D eigenvalue weighted by atomic mass is 10.4. The SMILES string of the molecule is C=Cc1cnc2n1CCN(I)C2. The second kappa shape index (κ2) is 3.18. The molecule has 1 aliphatic heterocycles. The number of rotatable bonds is 1. The van der Waals surface area contributed by atoms with Gasteiger partial charge in [0.15, 0.2) is 0 Å². The first kappa shape index (κ1) is 8.25. The van der Waals surface area contributed by atoms with Crippen LogP contribution in [0.5, 0.6) is 0 Å². The van der Waals surface area contributed by atoms with Gasteiger partial charge in [-0.05, 0) is 6.08 Å². The molecule has 0 fully saturated rings. The molecular weight excluding hydrogens is 265 g/mol. The number of hydrogen-bond donors (Lipinski definition) is 0. The predicted molar refractivity (Wildman–Crippen MR) is 56.7 cm³/mol. The van der Waals surface area contributed by atoms with Crippen molar-refractivity contribution in [3.63, 3.8) is 0 Å². The van der Waals surface area contributed by atoms with Gasteiger partial charge in [-0.15, -0.1) is 0 Å². The van der Waals surface area contributed by atoms with Crippen LogP contribution in [0.2, 0.25) is 0 Å². The Bertz CT molecular complexity index is 305. The number of fused-ring (bicyclic) bond motifs is 1. The van der Waals surface area contributed by atoms with Gasteiger partial charge in [0, 0.05) is 36.0 Å². The Morgan fingerprint density at radius 1 is 1.58 bits per heavy atom. The first-order valence-corrected chi connectivity index (χ1v) is 4.85. The van der Waals surface area contributed by atoms with Gasteiger partial charge >= 0.3 is 0 Å². The summed E-state index contributed by atoms with van der Waals surface area (Å²) >= 11 is 2.33. The van der Waals surface area contributed by atoms with Crippen LogP contribution in [0.4, 0.5) is 0 Å². The normalized spacial score (nSPS) is 17.4. The maximum Gasteiger partial charge on any atom is 0.124 e. The van der Waals surface area contributed by atoms with E-state index in [0.29, 0.717) is 0 Å². The molecule has 3 nitrogen and oxygen atoms in total. The van der Waals surface area contributed by atoms with E-state index in [9.17, 15) is 0 Å².